The average Bonchev–Trinajstić information content (AvgIpc) is 3.35. The highest BCUT2D eigenvalue weighted by Crippen LogP contribution is 2.51. The Balaban J connectivity index is 1.14. The first-order valence-electron chi connectivity index (χ1n) is 21.0. The van der Waals surface area contributed by atoms with Crippen molar-refractivity contribution in [1.29, 1.82) is 0 Å². The maximum Gasteiger partial charge on any atom is 0.0546 e. The van der Waals surface area contributed by atoms with Gasteiger partial charge in [0, 0.05) is 16.8 Å². The molecule has 11 rings (SSSR count). The Morgan fingerprint density at radius 3 is 1.18 bits per heavy atom. The normalized spacial score (nSPS) is 11.3. The minimum Gasteiger partial charge on any atom is -0.310 e. The van der Waals surface area contributed by atoms with E-state index in [0.29, 0.717) is 0 Å². The first kappa shape index (κ1) is 36.1. The molecule has 286 valence electrons. The summed E-state index contributed by atoms with van der Waals surface area (Å²) in [6.07, 6.45) is 0. The fourth-order valence-corrected chi connectivity index (χ4v) is 9.29. The van der Waals surface area contributed by atoms with Crippen LogP contribution in [0.1, 0.15) is 0 Å². The van der Waals surface area contributed by atoms with Crippen LogP contribution in [-0.2, 0) is 0 Å². The molecular weight excluding hydrogens is 735 g/mol. The van der Waals surface area contributed by atoms with E-state index in [1.807, 2.05) is 0 Å². The Morgan fingerprint density at radius 1 is 0.213 bits per heavy atom. The van der Waals surface area contributed by atoms with E-state index in [2.05, 4.69) is 254 Å². The molecule has 0 unspecified atom stereocenters. The molecule has 0 amide bonds. The van der Waals surface area contributed by atoms with Crippen LogP contribution in [0.4, 0.5) is 17.1 Å². The van der Waals surface area contributed by atoms with Crippen molar-refractivity contribution in [2.24, 2.45) is 0 Å². The molecule has 61 heavy (non-hydrogen) atoms. The molecule has 0 saturated heterocycles. The van der Waals surface area contributed by atoms with Crippen molar-refractivity contribution in [3.63, 3.8) is 0 Å². The van der Waals surface area contributed by atoms with Crippen LogP contribution in [-0.4, -0.2) is 0 Å². The lowest BCUT2D eigenvalue weighted by atomic mass is 9.78. The topological polar surface area (TPSA) is 3.24 Å². The molecule has 11 aromatic rings. The van der Waals surface area contributed by atoms with Gasteiger partial charge in [0.2, 0.25) is 0 Å². The predicted molar refractivity (Wildman–Crippen MR) is 261 cm³/mol. The lowest BCUT2D eigenvalue weighted by Gasteiger charge is -2.28. The lowest BCUT2D eigenvalue weighted by molar-refractivity contribution is 1.30. The van der Waals surface area contributed by atoms with Crippen LogP contribution < -0.4 is 4.90 Å². The highest BCUT2D eigenvalue weighted by atomic mass is 15.1. The molecule has 0 aromatic heterocycles. The summed E-state index contributed by atoms with van der Waals surface area (Å²) < 4.78 is 0. The molecule has 0 fully saturated rings. The van der Waals surface area contributed by atoms with E-state index in [1.54, 1.807) is 0 Å². The van der Waals surface area contributed by atoms with Crippen LogP contribution in [0.25, 0.3) is 88.0 Å². The van der Waals surface area contributed by atoms with E-state index in [4.69, 9.17) is 0 Å². The van der Waals surface area contributed by atoms with Crippen LogP contribution >= 0.6 is 0 Å². The van der Waals surface area contributed by atoms with Crippen molar-refractivity contribution in [3.8, 4) is 55.6 Å². The number of nitrogens with zero attached hydrogens (tertiary/aromatic N) is 1. The summed E-state index contributed by atoms with van der Waals surface area (Å²) in [6.45, 7) is 0. The van der Waals surface area contributed by atoms with Crippen molar-refractivity contribution in [2.75, 3.05) is 4.90 Å². The molecular formula is C60H41N. The molecule has 0 aliphatic carbocycles. The van der Waals surface area contributed by atoms with Crippen molar-refractivity contribution in [3.05, 3.63) is 249 Å². The highest BCUT2D eigenvalue weighted by molar-refractivity contribution is 6.19. The average molecular weight is 776 g/mol. The maximum atomic E-state index is 2.42. The van der Waals surface area contributed by atoms with Crippen LogP contribution in [0.3, 0.4) is 0 Å². The number of hydrogen-bond acceptors (Lipinski definition) is 1. The maximum absolute atomic E-state index is 2.42. The first-order chi connectivity index (χ1) is 30.3. The first-order valence-corrected chi connectivity index (χ1v) is 21.0. The number of fused-ring (bicyclic) bond motifs is 4. The fraction of sp³-hybridized carbons (Fsp3) is 0. The van der Waals surface area contributed by atoms with Gasteiger partial charge in [0.15, 0.2) is 0 Å². The summed E-state index contributed by atoms with van der Waals surface area (Å²) in [5.41, 5.74) is 15.4. The third kappa shape index (κ3) is 6.54. The van der Waals surface area contributed by atoms with Crippen LogP contribution in [0, 0.1) is 0 Å². The van der Waals surface area contributed by atoms with Gasteiger partial charge in [-0.3, -0.25) is 0 Å². The second kappa shape index (κ2) is 15.6. The van der Waals surface area contributed by atoms with Gasteiger partial charge in [-0.15, -0.1) is 0 Å². The quantitative estimate of drug-likeness (QED) is 0.139. The summed E-state index contributed by atoms with van der Waals surface area (Å²) in [4.78, 5) is 2.40. The van der Waals surface area contributed by atoms with Gasteiger partial charge in [0.1, 0.15) is 0 Å². The summed E-state index contributed by atoms with van der Waals surface area (Å²) in [5, 5.41) is 7.40. The minimum absolute atomic E-state index is 1.10. The van der Waals surface area contributed by atoms with Gasteiger partial charge in [0.25, 0.3) is 0 Å². The smallest absolute Gasteiger partial charge is 0.0546 e. The monoisotopic (exact) mass is 775 g/mol. The molecule has 0 radical (unpaired) electrons. The summed E-state index contributed by atoms with van der Waals surface area (Å²) in [6, 6.07) is 90.4. The van der Waals surface area contributed by atoms with Crippen molar-refractivity contribution in [1.82, 2.24) is 0 Å². The lowest BCUT2D eigenvalue weighted by Crippen LogP contribution is -2.10. The predicted octanol–water partition coefficient (Wildman–Crippen LogP) is 17.0. The Bertz CT molecular complexity index is 3300. The van der Waals surface area contributed by atoms with E-state index in [1.165, 1.54) is 82.4 Å². The third-order valence-electron chi connectivity index (χ3n) is 12.0. The summed E-state index contributed by atoms with van der Waals surface area (Å²) >= 11 is 0. The Hall–Kier alpha value is -8.00. The number of rotatable bonds is 8. The third-order valence-corrected chi connectivity index (χ3v) is 12.0. The van der Waals surface area contributed by atoms with E-state index in [9.17, 15) is 0 Å². The molecule has 0 N–H and O–H groups in total. The van der Waals surface area contributed by atoms with Crippen molar-refractivity contribution >= 4 is 49.4 Å². The Kier molecular flexibility index (Phi) is 9.26. The van der Waals surface area contributed by atoms with Gasteiger partial charge in [-0.1, -0.05) is 212 Å². The number of para-hydroxylation sites is 1. The molecule has 0 spiro atoms. The van der Waals surface area contributed by atoms with E-state index in [0.717, 1.165) is 22.6 Å². The van der Waals surface area contributed by atoms with E-state index < -0.39 is 0 Å². The summed E-state index contributed by atoms with van der Waals surface area (Å²) in [7, 11) is 0. The molecule has 1 heteroatoms. The zero-order chi connectivity index (χ0) is 40.5. The van der Waals surface area contributed by atoms with Crippen molar-refractivity contribution < 1.29 is 0 Å². The molecule has 0 saturated carbocycles. The molecule has 0 atom stereocenters. The van der Waals surface area contributed by atoms with Gasteiger partial charge in [0.05, 0.1) is 5.69 Å². The second-order valence-corrected chi connectivity index (χ2v) is 15.6. The molecule has 0 bridgehead atoms. The largest absolute Gasteiger partial charge is 0.310 e. The number of anilines is 3. The molecule has 0 aliphatic heterocycles. The molecule has 1 nitrogen and oxygen atoms in total. The van der Waals surface area contributed by atoms with Gasteiger partial charge < -0.3 is 4.90 Å². The van der Waals surface area contributed by atoms with E-state index in [-0.39, 0.29) is 0 Å². The molecule has 0 heterocycles. The molecule has 0 aliphatic rings. The van der Waals surface area contributed by atoms with Gasteiger partial charge in [-0.05, 0) is 119 Å². The Labute approximate surface area is 357 Å². The van der Waals surface area contributed by atoms with Crippen LogP contribution in [0.5, 0.6) is 0 Å². The van der Waals surface area contributed by atoms with Crippen molar-refractivity contribution in [2.45, 2.75) is 0 Å². The number of hydrogen-bond donors (Lipinski definition) is 0. The zero-order valence-electron chi connectivity index (χ0n) is 33.6. The Morgan fingerprint density at radius 2 is 0.623 bits per heavy atom. The van der Waals surface area contributed by atoms with Gasteiger partial charge in [-0.2, -0.15) is 0 Å². The highest BCUT2D eigenvalue weighted by Gasteiger charge is 2.24. The van der Waals surface area contributed by atoms with E-state index >= 15 is 0 Å². The SMILES string of the molecule is c1ccc(-c2c(-c3ccccc3)c(-c3ccccc3)c3cc(-c4ccc(N(c5ccccc5)c5cc6ccccc6c6ccccc56)cc4)ccc3c2-c2ccccc2)cc1. The second-order valence-electron chi connectivity index (χ2n) is 15.6. The minimum atomic E-state index is 1.10. The standard InChI is InChI=1S/C60H41N/c1-6-20-43(21-7-1)57-54-39-36-47(40-55(54)58(44-22-8-2-9-23-44)60(46-26-12-4-13-27-46)59(57)45-24-10-3-11-25-45)42-34-37-50(38-35-42)61(49-29-14-5-15-30-49)56-41-48-28-16-17-31-51(48)52-32-18-19-33-53(52)56/h1-41H. The fourth-order valence-electron chi connectivity index (χ4n) is 9.29. The van der Waals surface area contributed by atoms with Gasteiger partial charge in [-0.25, -0.2) is 0 Å². The van der Waals surface area contributed by atoms with Crippen LogP contribution in [0.15, 0.2) is 249 Å². The van der Waals surface area contributed by atoms with Gasteiger partial charge >= 0.3 is 0 Å². The summed E-state index contributed by atoms with van der Waals surface area (Å²) in [5.74, 6) is 0. The molecule has 11 aromatic carbocycles. The number of benzene rings is 11. The van der Waals surface area contributed by atoms with Crippen LogP contribution in [0.2, 0.25) is 0 Å². The zero-order valence-corrected chi connectivity index (χ0v) is 33.6.